The summed E-state index contributed by atoms with van der Waals surface area (Å²) in [5.74, 6) is 0.575. The lowest BCUT2D eigenvalue weighted by Crippen LogP contribution is -2.42. The fraction of sp³-hybridized carbons (Fsp3) is 0.727. The van der Waals surface area contributed by atoms with Crippen molar-refractivity contribution in [2.45, 2.75) is 38.9 Å². The van der Waals surface area contributed by atoms with Crippen molar-refractivity contribution in [2.24, 2.45) is 10.7 Å². The molecule has 2 rings (SSSR count). The number of hydrogen-bond donors (Lipinski definition) is 2. The van der Waals surface area contributed by atoms with Gasteiger partial charge in [-0.05, 0) is 13.3 Å². The van der Waals surface area contributed by atoms with E-state index in [0.29, 0.717) is 25.1 Å². The molecule has 1 aliphatic rings. The number of rotatable bonds is 5. The molecule has 0 bridgehead atoms. The van der Waals surface area contributed by atoms with E-state index in [-0.39, 0.29) is 12.6 Å². The van der Waals surface area contributed by atoms with Gasteiger partial charge in [-0.1, -0.05) is 12.1 Å². The fourth-order valence-corrected chi connectivity index (χ4v) is 2.15. The maximum Gasteiger partial charge on any atom is 0.192 e. The van der Waals surface area contributed by atoms with Crippen LogP contribution < -0.4 is 5.73 Å². The van der Waals surface area contributed by atoms with Crippen LogP contribution in [-0.2, 0) is 6.54 Å². The number of aliphatic hydroxyl groups is 1. The number of hydrogen-bond acceptors (Lipinski definition) is 6. The third-order valence-electron chi connectivity index (χ3n) is 3.32. The third kappa shape index (κ3) is 2.31. The van der Waals surface area contributed by atoms with Crippen molar-refractivity contribution in [3.05, 3.63) is 11.9 Å². The fourth-order valence-electron chi connectivity index (χ4n) is 2.15. The first-order valence-electron chi connectivity index (χ1n) is 6.26. The summed E-state index contributed by atoms with van der Waals surface area (Å²) in [7, 11) is 0. The Balaban J connectivity index is 2.16. The van der Waals surface area contributed by atoms with Crippen LogP contribution in [0.3, 0.4) is 0 Å². The molecule has 7 heteroatoms. The highest BCUT2D eigenvalue weighted by atomic mass is 16.3. The van der Waals surface area contributed by atoms with Crippen molar-refractivity contribution in [3.8, 4) is 0 Å². The van der Waals surface area contributed by atoms with E-state index in [1.54, 1.807) is 4.68 Å². The Labute approximate surface area is 106 Å². The van der Waals surface area contributed by atoms with Crippen LogP contribution in [0.4, 0.5) is 0 Å². The first-order chi connectivity index (χ1) is 8.67. The van der Waals surface area contributed by atoms with E-state index in [1.165, 1.54) is 0 Å². The van der Waals surface area contributed by atoms with Gasteiger partial charge in [-0.25, -0.2) is 4.68 Å². The van der Waals surface area contributed by atoms with Crippen molar-refractivity contribution in [1.82, 2.24) is 19.9 Å². The van der Waals surface area contributed by atoms with E-state index in [1.807, 2.05) is 6.20 Å². The molecule has 0 radical (unpaired) electrons. The van der Waals surface area contributed by atoms with Gasteiger partial charge in [0.2, 0.25) is 0 Å². The van der Waals surface area contributed by atoms with Crippen LogP contribution in [0.1, 0.15) is 32.0 Å². The summed E-state index contributed by atoms with van der Waals surface area (Å²) in [6, 6.07) is 0.386. The molecule has 100 valence electrons. The zero-order valence-electron chi connectivity index (χ0n) is 10.8. The Morgan fingerprint density at radius 2 is 2.39 bits per heavy atom. The summed E-state index contributed by atoms with van der Waals surface area (Å²) in [6.45, 7) is 5.38. The Morgan fingerprint density at radius 1 is 1.61 bits per heavy atom. The average molecular weight is 252 g/mol. The lowest BCUT2D eigenvalue weighted by Gasteiger charge is -2.30. The van der Waals surface area contributed by atoms with Crippen molar-refractivity contribution in [1.29, 1.82) is 0 Å². The number of nitrogens with zero attached hydrogens (tertiary/aromatic N) is 5. The van der Waals surface area contributed by atoms with Gasteiger partial charge in [0.1, 0.15) is 5.69 Å². The van der Waals surface area contributed by atoms with Crippen molar-refractivity contribution >= 4 is 5.96 Å². The zero-order valence-corrected chi connectivity index (χ0v) is 10.8. The highest BCUT2D eigenvalue weighted by Gasteiger charge is 2.32. The standard InChI is InChI=1S/C11H20N6O/c1-3-8(2)17-10(6-13-11(17)12)9-7-16(4-5-18)15-14-9/h7-8,10,18H,3-6H2,1-2H3,(H2,12,13). The van der Waals surface area contributed by atoms with Gasteiger partial charge in [-0.15, -0.1) is 5.10 Å². The minimum atomic E-state index is 0.0567. The first kappa shape index (κ1) is 12.8. The minimum absolute atomic E-state index is 0.0567. The smallest absolute Gasteiger partial charge is 0.192 e. The molecule has 7 nitrogen and oxygen atoms in total. The molecule has 1 aromatic heterocycles. The molecule has 0 saturated carbocycles. The lowest BCUT2D eigenvalue weighted by molar-refractivity contribution is 0.263. The number of guanidine groups is 1. The molecular weight excluding hydrogens is 232 g/mol. The van der Waals surface area contributed by atoms with Crippen molar-refractivity contribution in [3.63, 3.8) is 0 Å². The van der Waals surface area contributed by atoms with E-state index in [0.717, 1.165) is 12.1 Å². The summed E-state index contributed by atoms with van der Waals surface area (Å²) in [5, 5.41) is 17.0. The van der Waals surface area contributed by atoms with Gasteiger partial charge in [-0.3, -0.25) is 4.99 Å². The summed E-state index contributed by atoms with van der Waals surface area (Å²) >= 11 is 0. The molecule has 0 amide bonds. The Morgan fingerprint density at radius 3 is 3.06 bits per heavy atom. The van der Waals surface area contributed by atoms with Crippen LogP contribution in [0, 0.1) is 0 Å². The van der Waals surface area contributed by atoms with Crippen LogP contribution in [0.15, 0.2) is 11.2 Å². The summed E-state index contributed by atoms with van der Waals surface area (Å²) in [6.07, 6.45) is 2.85. The summed E-state index contributed by atoms with van der Waals surface area (Å²) in [4.78, 5) is 6.38. The van der Waals surface area contributed by atoms with Gasteiger partial charge < -0.3 is 15.7 Å². The predicted molar refractivity (Wildman–Crippen MR) is 67.9 cm³/mol. The number of nitrogens with two attached hydrogens (primary N) is 1. The van der Waals surface area contributed by atoms with E-state index >= 15 is 0 Å². The van der Waals surface area contributed by atoms with Crippen LogP contribution in [0.5, 0.6) is 0 Å². The molecule has 3 N–H and O–H groups in total. The topological polar surface area (TPSA) is 92.6 Å². The van der Waals surface area contributed by atoms with Gasteiger partial charge in [0.15, 0.2) is 5.96 Å². The molecule has 2 unspecified atom stereocenters. The molecule has 2 atom stereocenters. The van der Waals surface area contributed by atoms with E-state index in [4.69, 9.17) is 10.8 Å². The lowest BCUT2D eigenvalue weighted by atomic mass is 10.1. The first-order valence-corrected chi connectivity index (χ1v) is 6.26. The maximum absolute atomic E-state index is 8.87. The normalized spacial score (nSPS) is 21.2. The quantitative estimate of drug-likeness (QED) is 0.753. The molecule has 0 saturated heterocycles. The highest BCUT2D eigenvalue weighted by Crippen LogP contribution is 2.26. The zero-order chi connectivity index (χ0) is 13.1. The molecule has 1 aromatic rings. The number of aliphatic hydroxyl groups excluding tert-OH is 1. The SMILES string of the molecule is CCC(C)N1C(N)=NCC1c1cn(CCO)nn1. The second kappa shape index (κ2) is 5.34. The van der Waals surface area contributed by atoms with Gasteiger partial charge in [0.05, 0.1) is 31.9 Å². The van der Waals surface area contributed by atoms with Gasteiger partial charge in [-0.2, -0.15) is 0 Å². The Kier molecular flexibility index (Phi) is 3.81. The Bertz CT molecular complexity index is 429. The maximum atomic E-state index is 8.87. The molecule has 0 aromatic carbocycles. The third-order valence-corrected chi connectivity index (χ3v) is 3.32. The number of aromatic nitrogens is 3. The molecule has 0 spiro atoms. The van der Waals surface area contributed by atoms with Crippen LogP contribution in [0.25, 0.3) is 0 Å². The van der Waals surface area contributed by atoms with Crippen molar-refractivity contribution in [2.75, 3.05) is 13.2 Å². The van der Waals surface area contributed by atoms with Crippen LogP contribution in [0.2, 0.25) is 0 Å². The second-order valence-electron chi connectivity index (χ2n) is 4.51. The van der Waals surface area contributed by atoms with Crippen molar-refractivity contribution < 1.29 is 5.11 Å². The van der Waals surface area contributed by atoms with Gasteiger partial charge >= 0.3 is 0 Å². The van der Waals surface area contributed by atoms with E-state index in [9.17, 15) is 0 Å². The number of aliphatic imine (C=N–C) groups is 1. The molecular formula is C11H20N6O. The molecule has 0 fully saturated rings. The molecule has 1 aliphatic heterocycles. The van der Waals surface area contributed by atoms with Crippen LogP contribution in [-0.4, -0.2) is 50.2 Å². The minimum Gasteiger partial charge on any atom is -0.394 e. The Hall–Kier alpha value is -1.63. The summed E-state index contributed by atoms with van der Waals surface area (Å²) < 4.78 is 1.64. The van der Waals surface area contributed by atoms with Crippen LogP contribution >= 0.6 is 0 Å². The van der Waals surface area contributed by atoms with E-state index in [2.05, 4.69) is 34.1 Å². The van der Waals surface area contributed by atoms with Gasteiger partial charge in [0.25, 0.3) is 0 Å². The molecule has 0 aliphatic carbocycles. The second-order valence-corrected chi connectivity index (χ2v) is 4.51. The van der Waals surface area contributed by atoms with E-state index < -0.39 is 0 Å². The largest absolute Gasteiger partial charge is 0.394 e. The molecule has 2 heterocycles. The monoisotopic (exact) mass is 252 g/mol. The van der Waals surface area contributed by atoms with Gasteiger partial charge in [0, 0.05) is 6.04 Å². The summed E-state index contributed by atoms with van der Waals surface area (Å²) in [5.41, 5.74) is 6.78. The molecule has 18 heavy (non-hydrogen) atoms. The highest BCUT2D eigenvalue weighted by molar-refractivity contribution is 5.80. The predicted octanol–water partition coefficient (Wildman–Crippen LogP) is -0.260. The average Bonchev–Trinajstić information content (AvgIpc) is 2.95.